The van der Waals surface area contributed by atoms with Crippen molar-refractivity contribution in [2.24, 2.45) is 0 Å². The summed E-state index contributed by atoms with van der Waals surface area (Å²) >= 11 is 6.20. The maximum absolute atomic E-state index is 6.20. The van der Waals surface area contributed by atoms with Crippen molar-refractivity contribution in [3.63, 3.8) is 0 Å². The van der Waals surface area contributed by atoms with Crippen molar-refractivity contribution < 1.29 is 9.47 Å². The van der Waals surface area contributed by atoms with Gasteiger partial charge in [-0.25, -0.2) is 0 Å². The lowest BCUT2D eigenvalue weighted by Gasteiger charge is -2.14. The molecule has 17 heavy (non-hydrogen) atoms. The topological polar surface area (TPSA) is 30.5 Å². The van der Waals surface area contributed by atoms with Gasteiger partial charge < -0.3 is 14.8 Å². The standard InChI is InChI=1S/C13H20ClNO2/c1-5-17-13-7-11(14)10(6-12(13)16-4)8-15-9(2)3/h6-7,9,15H,5,8H2,1-4H3. The van der Waals surface area contributed by atoms with Gasteiger partial charge in [-0.1, -0.05) is 25.4 Å². The van der Waals surface area contributed by atoms with Crippen LogP contribution in [0.5, 0.6) is 11.5 Å². The molecule has 4 heteroatoms. The molecule has 0 saturated carbocycles. The van der Waals surface area contributed by atoms with Gasteiger partial charge in [0, 0.05) is 23.7 Å². The summed E-state index contributed by atoms with van der Waals surface area (Å²) in [5.74, 6) is 1.41. The quantitative estimate of drug-likeness (QED) is 0.849. The van der Waals surface area contributed by atoms with Gasteiger partial charge in [-0.05, 0) is 18.6 Å². The summed E-state index contributed by atoms with van der Waals surface area (Å²) in [4.78, 5) is 0. The van der Waals surface area contributed by atoms with Gasteiger partial charge in [0.05, 0.1) is 13.7 Å². The Bertz CT molecular complexity index is 367. The first-order chi connectivity index (χ1) is 8.08. The highest BCUT2D eigenvalue weighted by Gasteiger charge is 2.10. The Morgan fingerprint density at radius 1 is 1.29 bits per heavy atom. The van der Waals surface area contributed by atoms with Crippen LogP contribution in [0.25, 0.3) is 0 Å². The Morgan fingerprint density at radius 2 is 2.00 bits per heavy atom. The van der Waals surface area contributed by atoms with Gasteiger partial charge in [0.25, 0.3) is 0 Å². The molecule has 0 heterocycles. The van der Waals surface area contributed by atoms with Crippen LogP contribution < -0.4 is 14.8 Å². The van der Waals surface area contributed by atoms with Crippen LogP contribution in [0.2, 0.25) is 5.02 Å². The van der Waals surface area contributed by atoms with Gasteiger partial charge in [-0.2, -0.15) is 0 Å². The first-order valence-electron chi connectivity index (χ1n) is 5.81. The molecule has 0 fully saturated rings. The lowest BCUT2D eigenvalue weighted by atomic mass is 10.2. The monoisotopic (exact) mass is 257 g/mol. The van der Waals surface area contributed by atoms with E-state index in [1.807, 2.05) is 13.0 Å². The Balaban J connectivity index is 2.92. The van der Waals surface area contributed by atoms with Crippen molar-refractivity contribution in [1.29, 1.82) is 0 Å². The van der Waals surface area contributed by atoms with E-state index in [-0.39, 0.29) is 0 Å². The summed E-state index contributed by atoms with van der Waals surface area (Å²) in [6.45, 7) is 7.44. The molecule has 1 N–H and O–H groups in total. The molecule has 1 aromatic rings. The first kappa shape index (κ1) is 14.1. The van der Waals surface area contributed by atoms with Crippen LogP contribution in [0.3, 0.4) is 0 Å². The molecule has 0 aliphatic heterocycles. The van der Waals surface area contributed by atoms with Gasteiger partial charge in [-0.3, -0.25) is 0 Å². The van der Waals surface area contributed by atoms with Gasteiger partial charge in [-0.15, -0.1) is 0 Å². The third-order valence-electron chi connectivity index (χ3n) is 2.33. The molecular formula is C13H20ClNO2. The molecule has 0 unspecified atom stereocenters. The third kappa shape index (κ3) is 4.10. The Morgan fingerprint density at radius 3 is 2.53 bits per heavy atom. The summed E-state index contributed by atoms with van der Waals surface area (Å²) in [5, 5.41) is 4.02. The third-order valence-corrected chi connectivity index (χ3v) is 2.69. The molecule has 0 saturated heterocycles. The van der Waals surface area contributed by atoms with Crippen molar-refractivity contribution in [2.75, 3.05) is 13.7 Å². The molecule has 0 spiro atoms. The highest BCUT2D eigenvalue weighted by Crippen LogP contribution is 2.33. The van der Waals surface area contributed by atoms with Crippen LogP contribution in [-0.2, 0) is 6.54 Å². The van der Waals surface area contributed by atoms with E-state index in [0.717, 1.165) is 17.9 Å². The molecule has 0 aliphatic carbocycles. The number of ether oxygens (including phenoxy) is 2. The highest BCUT2D eigenvalue weighted by atomic mass is 35.5. The number of rotatable bonds is 6. The van der Waals surface area contributed by atoms with Crippen molar-refractivity contribution in [2.45, 2.75) is 33.4 Å². The molecule has 0 aromatic heterocycles. The molecule has 3 nitrogen and oxygen atoms in total. The van der Waals surface area contributed by atoms with E-state index < -0.39 is 0 Å². The number of halogens is 1. The molecule has 0 atom stereocenters. The zero-order valence-corrected chi connectivity index (χ0v) is 11.6. The van der Waals surface area contributed by atoms with E-state index in [1.54, 1.807) is 13.2 Å². The molecule has 1 rings (SSSR count). The maximum atomic E-state index is 6.20. The zero-order chi connectivity index (χ0) is 12.8. The Labute approximate surface area is 108 Å². The lowest BCUT2D eigenvalue weighted by Crippen LogP contribution is -2.22. The molecule has 0 radical (unpaired) electrons. The minimum absolute atomic E-state index is 0.420. The van der Waals surface area contributed by atoms with Crippen molar-refractivity contribution in [3.05, 3.63) is 22.7 Å². The normalized spacial score (nSPS) is 10.7. The van der Waals surface area contributed by atoms with Gasteiger partial charge in [0.2, 0.25) is 0 Å². The molecule has 0 aliphatic rings. The molecule has 0 bridgehead atoms. The fourth-order valence-electron chi connectivity index (χ4n) is 1.45. The second kappa shape index (κ2) is 6.72. The average molecular weight is 258 g/mol. The van der Waals surface area contributed by atoms with Gasteiger partial charge in [0.1, 0.15) is 0 Å². The summed E-state index contributed by atoms with van der Waals surface area (Å²) in [7, 11) is 1.63. The van der Waals surface area contributed by atoms with Gasteiger partial charge in [0.15, 0.2) is 11.5 Å². The van der Waals surface area contributed by atoms with Crippen LogP contribution in [0.15, 0.2) is 12.1 Å². The summed E-state index contributed by atoms with van der Waals surface area (Å²) in [6.07, 6.45) is 0. The smallest absolute Gasteiger partial charge is 0.162 e. The second-order valence-corrected chi connectivity index (χ2v) is 4.47. The van der Waals surface area contributed by atoms with E-state index in [1.165, 1.54) is 0 Å². The maximum Gasteiger partial charge on any atom is 0.162 e. The van der Waals surface area contributed by atoms with Crippen molar-refractivity contribution in [3.8, 4) is 11.5 Å². The SMILES string of the molecule is CCOc1cc(Cl)c(CNC(C)C)cc1OC. The Kier molecular flexibility index (Phi) is 5.59. The minimum Gasteiger partial charge on any atom is -0.493 e. The summed E-state index contributed by atoms with van der Waals surface area (Å²) < 4.78 is 10.7. The number of methoxy groups -OCH3 is 1. The lowest BCUT2D eigenvalue weighted by molar-refractivity contribution is 0.310. The summed E-state index contributed by atoms with van der Waals surface area (Å²) in [6, 6.07) is 4.15. The number of nitrogens with one attached hydrogen (secondary N) is 1. The minimum atomic E-state index is 0.420. The Hall–Kier alpha value is -0.930. The summed E-state index contributed by atoms with van der Waals surface area (Å²) in [5.41, 5.74) is 1.01. The van der Waals surface area contributed by atoms with Crippen LogP contribution in [-0.4, -0.2) is 19.8 Å². The fraction of sp³-hybridized carbons (Fsp3) is 0.538. The van der Waals surface area contributed by atoms with Crippen LogP contribution in [0.4, 0.5) is 0 Å². The van der Waals surface area contributed by atoms with E-state index in [2.05, 4.69) is 19.2 Å². The molecular weight excluding hydrogens is 238 g/mol. The average Bonchev–Trinajstić information content (AvgIpc) is 2.28. The van der Waals surface area contributed by atoms with Crippen LogP contribution in [0.1, 0.15) is 26.3 Å². The number of hydrogen-bond donors (Lipinski definition) is 1. The molecule has 1 aromatic carbocycles. The second-order valence-electron chi connectivity index (χ2n) is 4.06. The van der Waals surface area contributed by atoms with E-state index in [4.69, 9.17) is 21.1 Å². The number of hydrogen-bond acceptors (Lipinski definition) is 3. The fourth-order valence-corrected chi connectivity index (χ4v) is 1.68. The highest BCUT2D eigenvalue weighted by molar-refractivity contribution is 6.31. The number of benzene rings is 1. The van der Waals surface area contributed by atoms with Crippen LogP contribution >= 0.6 is 11.6 Å². The first-order valence-corrected chi connectivity index (χ1v) is 6.18. The molecule has 0 amide bonds. The van der Waals surface area contributed by atoms with Crippen molar-refractivity contribution >= 4 is 11.6 Å². The van der Waals surface area contributed by atoms with E-state index in [0.29, 0.717) is 23.4 Å². The predicted molar refractivity (Wildman–Crippen MR) is 71.1 cm³/mol. The van der Waals surface area contributed by atoms with Crippen LogP contribution in [0, 0.1) is 0 Å². The van der Waals surface area contributed by atoms with E-state index >= 15 is 0 Å². The zero-order valence-electron chi connectivity index (χ0n) is 10.8. The molecule has 96 valence electrons. The van der Waals surface area contributed by atoms with Gasteiger partial charge >= 0.3 is 0 Å². The predicted octanol–water partition coefficient (Wildman–Crippen LogP) is 3.25. The largest absolute Gasteiger partial charge is 0.493 e. The van der Waals surface area contributed by atoms with Crippen molar-refractivity contribution in [1.82, 2.24) is 5.32 Å². The van der Waals surface area contributed by atoms with E-state index in [9.17, 15) is 0 Å².